The van der Waals surface area contributed by atoms with Crippen LogP contribution in [0, 0.1) is 24.0 Å². The van der Waals surface area contributed by atoms with E-state index in [1.165, 1.54) is 25.1 Å². The largest absolute Gasteiger partial charge is 0.507 e. The van der Waals surface area contributed by atoms with Crippen LogP contribution in [0.15, 0.2) is 30.3 Å². The van der Waals surface area contributed by atoms with Gasteiger partial charge < -0.3 is 15.5 Å². The highest BCUT2D eigenvalue weighted by atomic mass is 16.6. The summed E-state index contributed by atoms with van der Waals surface area (Å²) in [6.45, 7) is 3.05. The van der Waals surface area contributed by atoms with Gasteiger partial charge in [-0.05, 0) is 37.6 Å². The van der Waals surface area contributed by atoms with Crippen molar-refractivity contribution in [3.8, 4) is 5.75 Å². The van der Waals surface area contributed by atoms with E-state index in [2.05, 4.69) is 5.32 Å². The molecule has 0 spiro atoms. The maximum atomic E-state index is 12.2. The number of aromatic hydroxyl groups is 1. The van der Waals surface area contributed by atoms with Crippen molar-refractivity contribution in [1.29, 1.82) is 0 Å². The molecule has 0 fully saturated rings. The summed E-state index contributed by atoms with van der Waals surface area (Å²) in [5, 5.41) is 32.2. The van der Waals surface area contributed by atoms with Crippen molar-refractivity contribution in [2.75, 3.05) is 5.32 Å². The lowest BCUT2D eigenvalue weighted by Gasteiger charge is -2.10. The van der Waals surface area contributed by atoms with E-state index >= 15 is 0 Å². The quantitative estimate of drug-likeness (QED) is 0.449. The number of aromatic carboxylic acids is 1. The lowest BCUT2D eigenvalue weighted by Crippen LogP contribution is -2.13. The van der Waals surface area contributed by atoms with Crippen LogP contribution in [0.4, 0.5) is 11.4 Å². The summed E-state index contributed by atoms with van der Waals surface area (Å²) >= 11 is 0. The number of nitrogens with one attached hydrogen (secondary N) is 1. The molecule has 124 valence electrons. The minimum Gasteiger partial charge on any atom is -0.507 e. The van der Waals surface area contributed by atoms with Gasteiger partial charge in [0, 0.05) is 22.9 Å². The van der Waals surface area contributed by atoms with Gasteiger partial charge in [-0.15, -0.1) is 0 Å². The molecular formula is C16H14N2O6. The topological polar surface area (TPSA) is 130 Å². The van der Waals surface area contributed by atoms with Crippen molar-refractivity contribution in [2.24, 2.45) is 0 Å². The number of phenols is 1. The molecule has 0 saturated heterocycles. The molecule has 0 aliphatic rings. The average molecular weight is 330 g/mol. The van der Waals surface area contributed by atoms with Crippen molar-refractivity contribution in [3.63, 3.8) is 0 Å². The number of nitro benzene ring substituents is 1. The smallest absolute Gasteiger partial charge is 0.339 e. The normalized spacial score (nSPS) is 10.2. The number of hydrogen-bond donors (Lipinski definition) is 3. The summed E-state index contributed by atoms with van der Waals surface area (Å²) in [6.07, 6.45) is 0. The molecule has 2 aromatic rings. The van der Waals surface area contributed by atoms with Crippen LogP contribution >= 0.6 is 0 Å². The molecular weight excluding hydrogens is 316 g/mol. The van der Waals surface area contributed by atoms with Gasteiger partial charge in [0.05, 0.1) is 4.92 Å². The number of nitrogens with zero attached hydrogens (tertiary/aromatic N) is 1. The van der Waals surface area contributed by atoms with Gasteiger partial charge in [-0.3, -0.25) is 14.9 Å². The molecule has 0 radical (unpaired) electrons. The number of amides is 1. The number of hydrogen-bond acceptors (Lipinski definition) is 5. The first-order valence-corrected chi connectivity index (χ1v) is 6.84. The summed E-state index contributed by atoms with van der Waals surface area (Å²) in [5.74, 6) is -2.34. The van der Waals surface area contributed by atoms with Crippen molar-refractivity contribution in [3.05, 3.63) is 62.7 Å². The predicted molar refractivity (Wildman–Crippen MR) is 85.6 cm³/mol. The zero-order chi connectivity index (χ0) is 18.0. The molecule has 3 N–H and O–H groups in total. The number of carboxylic acids is 1. The number of carboxylic acid groups (broad SMARTS) is 1. The third kappa shape index (κ3) is 3.32. The van der Waals surface area contributed by atoms with Gasteiger partial charge in [0.15, 0.2) is 0 Å². The lowest BCUT2D eigenvalue weighted by atomic mass is 10.1. The van der Waals surface area contributed by atoms with Crippen molar-refractivity contribution in [1.82, 2.24) is 0 Å². The highest BCUT2D eigenvalue weighted by Gasteiger charge is 2.17. The Hall–Kier alpha value is -3.42. The Morgan fingerprint density at radius 1 is 1.12 bits per heavy atom. The average Bonchev–Trinajstić information content (AvgIpc) is 2.50. The summed E-state index contributed by atoms with van der Waals surface area (Å²) in [5.41, 5.74) is 0.395. The summed E-state index contributed by atoms with van der Waals surface area (Å²) in [4.78, 5) is 33.7. The van der Waals surface area contributed by atoms with Crippen LogP contribution in [0.3, 0.4) is 0 Å². The third-order valence-electron chi connectivity index (χ3n) is 3.46. The first-order valence-electron chi connectivity index (χ1n) is 6.84. The molecule has 8 heteroatoms. The lowest BCUT2D eigenvalue weighted by molar-refractivity contribution is -0.385. The van der Waals surface area contributed by atoms with E-state index in [4.69, 9.17) is 5.11 Å². The SMILES string of the molecule is Cc1ccc(C(=O)Nc2cc(C)c(O)c(C(=O)O)c2)cc1[N+](=O)[O-]. The van der Waals surface area contributed by atoms with E-state index in [0.717, 1.165) is 12.1 Å². The Bertz CT molecular complexity index is 860. The van der Waals surface area contributed by atoms with Gasteiger partial charge in [-0.2, -0.15) is 0 Å². The Morgan fingerprint density at radius 3 is 2.38 bits per heavy atom. The highest BCUT2D eigenvalue weighted by Crippen LogP contribution is 2.27. The molecule has 0 heterocycles. The van der Waals surface area contributed by atoms with E-state index in [0.29, 0.717) is 5.56 Å². The number of aryl methyl sites for hydroxylation is 2. The number of nitro groups is 1. The molecule has 24 heavy (non-hydrogen) atoms. The number of carbonyl (C=O) groups is 2. The van der Waals surface area contributed by atoms with Crippen LogP contribution in [-0.4, -0.2) is 27.0 Å². The summed E-state index contributed by atoms with van der Waals surface area (Å²) in [6, 6.07) is 6.56. The van der Waals surface area contributed by atoms with Crippen LogP contribution < -0.4 is 5.32 Å². The van der Waals surface area contributed by atoms with E-state index in [1.807, 2.05) is 0 Å². The van der Waals surface area contributed by atoms with E-state index in [9.17, 15) is 24.8 Å². The molecule has 0 atom stereocenters. The number of carbonyl (C=O) groups excluding carboxylic acids is 1. The Labute approximate surface area is 136 Å². The van der Waals surface area contributed by atoms with E-state index < -0.39 is 16.8 Å². The van der Waals surface area contributed by atoms with E-state index in [1.54, 1.807) is 6.92 Å². The minimum absolute atomic E-state index is 0.0647. The van der Waals surface area contributed by atoms with Crippen molar-refractivity contribution >= 4 is 23.3 Å². The third-order valence-corrected chi connectivity index (χ3v) is 3.46. The second kappa shape index (κ2) is 6.37. The fraction of sp³-hybridized carbons (Fsp3) is 0.125. The van der Waals surface area contributed by atoms with Crippen LogP contribution in [-0.2, 0) is 0 Å². The Morgan fingerprint density at radius 2 is 1.79 bits per heavy atom. The molecule has 0 aliphatic carbocycles. The monoisotopic (exact) mass is 330 g/mol. The molecule has 0 unspecified atom stereocenters. The molecule has 2 rings (SSSR count). The fourth-order valence-electron chi connectivity index (χ4n) is 2.17. The number of rotatable bonds is 4. The van der Waals surface area contributed by atoms with Gasteiger partial charge >= 0.3 is 5.97 Å². The maximum Gasteiger partial charge on any atom is 0.339 e. The summed E-state index contributed by atoms with van der Waals surface area (Å²) in [7, 11) is 0. The number of benzene rings is 2. The van der Waals surface area contributed by atoms with Gasteiger partial charge in [0.2, 0.25) is 0 Å². The predicted octanol–water partition coefficient (Wildman–Crippen LogP) is 2.87. The van der Waals surface area contributed by atoms with Crippen molar-refractivity contribution in [2.45, 2.75) is 13.8 Å². The molecule has 0 saturated carbocycles. The number of anilines is 1. The molecule has 0 aromatic heterocycles. The Kier molecular flexibility index (Phi) is 4.50. The van der Waals surface area contributed by atoms with Gasteiger partial charge in [-0.1, -0.05) is 6.07 Å². The first-order chi connectivity index (χ1) is 11.2. The van der Waals surface area contributed by atoms with Crippen LogP contribution in [0.25, 0.3) is 0 Å². The standard InChI is InChI=1S/C16H14N2O6/c1-8-3-4-10(6-13(8)18(23)24)15(20)17-11-5-9(2)14(19)12(7-11)16(21)22/h3-7,19H,1-2H3,(H,17,20)(H,21,22). The van der Waals surface area contributed by atoms with Crippen molar-refractivity contribution < 1.29 is 24.7 Å². The van der Waals surface area contributed by atoms with Crippen LogP contribution in [0.5, 0.6) is 5.75 Å². The van der Waals surface area contributed by atoms with Gasteiger partial charge in [0.25, 0.3) is 11.6 Å². The zero-order valence-electron chi connectivity index (χ0n) is 12.9. The first kappa shape index (κ1) is 16.9. The van der Waals surface area contributed by atoms with Gasteiger partial charge in [-0.25, -0.2) is 4.79 Å². The summed E-state index contributed by atoms with van der Waals surface area (Å²) < 4.78 is 0. The maximum absolute atomic E-state index is 12.2. The minimum atomic E-state index is -1.34. The molecule has 2 aromatic carbocycles. The second-order valence-electron chi connectivity index (χ2n) is 5.21. The second-order valence-corrected chi connectivity index (χ2v) is 5.21. The van der Waals surface area contributed by atoms with Crippen LogP contribution in [0.1, 0.15) is 31.8 Å². The molecule has 0 bridgehead atoms. The van der Waals surface area contributed by atoms with Crippen LogP contribution in [0.2, 0.25) is 0 Å². The molecule has 1 amide bonds. The molecule has 0 aliphatic heterocycles. The fourth-order valence-corrected chi connectivity index (χ4v) is 2.17. The highest BCUT2D eigenvalue weighted by molar-refractivity contribution is 6.05. The Balaban J connectivity index is 2.35. The zero-order valence-corrected chi connectivity index (χ0v) is 12.9. The van der Waals surface area contributed by atoms with E-state index in [-0.39, 0.29) is 33.8 Å². The molecule has 8 nitrogen and oxygen atoms in total. The van der Waals surface area contributed by atoms with Gasteiger partial charge in [0.1, 0.15) is 11.3 Å².